The lowest BCUT2D eigenvalue weighted by atomic mass is 9.60. The van der Waals surface area contributed by atoms with Crippen LogP contribution in [0.1, 0.15) is 84.0 Å². The summed E-state index contributed by atoms with van der Waals surface area (Å²) in [6.45, 7) is 6.32. The van der Waals surface area contributed by atoms with Crippen molar-refractivity contribution in [3.63, 3.8) is 0 Å². The third kappa shape index (κ3) is 5.04. The average Bonchev–Trinajstić information content (AvgIpc) is 2.74. The van der Waals surface area contributed by atoms with Gasteiger partial charge in [-0.1, -0.05) is 51.2 Å². The summed E-state index contributed by atoms with van der Waals surface area (Å²) in [6, 6.07) is 5.82. The van der Waals surface area contributed by atoms with Gasteiger partial charge in [0, 0.05) is 0 Å². The Labute approximate surface area is 169 Å². The first-order chi connectivity index (χ1) is 13.5. The Hall–Kier alpha value is -1.64. The first kappa shape index (κ1) is 21.1. The number of ether oxygens (including phenoxy) is 1. The summed E-state index contributed by atoms with van der Waals surface area (Å²) in [5.74, 6) is 1.26. The minimum Gasteiger partial charge on any atom is -0.426 e. The number of allylic oxidation sites excluding steroid dienone is 1. The summed E-state index contributed by atoms with van der Waals surface area (Å²) in [7, 11) is 0. The van der Waals surface area contributed by atoms with Crippen molar-refractivity contribution in [3.05, 3.63) is 42.2 Å². The SMILES string of the molecule is C=C(CC)CCC1CCC(C2(C(=O)Oc3ccc(F)cc3)CCCCC2)CC1. The topological polar surface area (TPSA) is 26.3 Å². The Morgan fingerprint density at radius 1 is 1.11 bits per heavy atom. The summed E-state index contributed by atoms with van der Waals surface area (Å²) in [5.41, 5.74) is 1.01. The van der Waals surface area contributed by atoms with Crippen molar-refractivity contribution in [2.75, 3.05) is 0 Å². The van der Waals surface area contributed by atoms with E-state index in [2.05, 4.69) is 13.5 Å². The van der Waals surface area contributed by atoms with E-state index in [4.69, 9.17) is 4.74 Å². The molecule has 0 heterocycles. The van der Waals surface area contributed by atoms with Crippen LogP contribution in [-0.4, -0.2) is 5.97 Å². The third-order valence-electron chi connectivity index (χ3n) is 7.21. The molecule has 0 bridgehead atoms. The van der Waals surface area contributed by atoms with Gasteiger partial charge in [0.25, 0.3) is 0 Å². The van der Waals surface area contributed by atoms with Crippen molar-refractivity contribution in [1.82, 2.24) is 0 Å². The molecule has 0 radical (unpaired) electrons. The van der Waals surface area contributed by atoms with Crippen LogP contribution in [0.3, 0.4) is 0 Å². The van der Waals surface area contributed by atoms with Gasteiger partial charge in [0.2, 0.25) is 0 Å². The van der Waals surface area contributed by atoms with Gasteiger partial charge in [0.05, 0.1) is 5.41 Å². The first-order valence-corrected chi connectivity index (χ1v) is 11.2. The Morgan fingerprint density at radius 2 is 1.75 bits per heavy atom. The Bertz CT molecular complexity index is 650. The van der Waals surface area contributed by atoms with Crippen molar-refractivity contribution in [2.45, 2.75) is 84.0 Å². The summed E-state index contributed by atoms with van der Waals surface area (Å²) in [4.78, 5) is 13.3. The van der Waals surface area contributed by atoms with Gasteiger partial charge >= 0.3 is 5.97 Å². The molecule has 0 spiro atoms. The highest BCUT2D eigenvalue weighted by Crippen LogP contribution is 2.50. The van der Waals surface area contributed by atoms with Crippen LogP contribution in [0.25, 0.3) is 0 Å². The zero-order valence-electron chi connectivity index (χ0n) is 17.4. The number of carbonyl (C=O) groups is 1. The van der Waals surface area contributed by atoms with Gasteiger partial charge in [-0.2, -0.15) is 0 Å². The molecule has 1 aromatic carbocycles. The molecule has 28 heavy (non-hydrogen) atoms. The predicted octanol–water partition coefficient (Wildman–Crippen LogP) is 7.23. The Kier molecular flexibility index (Phi) is 7.31. The van der Waals surface area contributed by atoms with Crippen LogP contribution in [0.5, 0.6) is 5.75 Å². The third-order valence-corrected chi connectivity index (χ3v) is 7.21. The fourth-order valence-electron chi connectivity index (χ4n) is 5.26. The molecule has 0 aliphatic heterocycles. The zero-order valence-corrected chi connectivity index (χ0v) is 17.4. The van der Waals surface area contributed by atoms with E-state index in [1.54, 1.807) is 12.1 Å². The molecule has 2 aliphatic rings. The molecule has 2 fully saturated rings. The molecular weight excluding hydrogens is 351 g/mol. The van der Waals surface area contributed by atoms with Gasteiger partial charge in [-0.05, 0) is 81.0 Å². The Balaban J connectivity index is 1.64. The Morgan fingerprint density at radius 3 is 2.36 bits per heavy atom. The van der Waals surface area contributed by atoms with E-state index in [1.165, 1.54) is 43.4 Å². The molecule has 0 unspecified atom stereocenters. The molecule has 2 saturated carbocycles. The van der Waals surface area contributed by atoms with E-state index in [-0.39, 0.29) is 17.2 Å². The lowest BCUT2D eigenvalue weighted by Gasteiger charge is -2.44. The molecule has 0 atom stereocenters. The van der Waals surface area contributed by atoms with Crippen LogP contribution >= 0.6 is 0 Å². The maximum atomic E-state index is 13.3. The fraction of sp³-hybridized carbons (Fsp3) is 0.640. The first-order valence-electron chi connectivity index (χ1n) is 11.2. The van der Waals surface area contributed by atoms with Crippen molar-refractivity contribution in [1.29, 1.82) is 0 Å². The van der Waals surface area contributed by atoms with Crippen molar-refractivity contribution in [3.8, 4) is 5.75 Å². The van der Waals surface area contributed by atoms with E-state index in [9.17, 15) is 9.18 Å². The number of hydrogen-bond acceptors (Lipinski definition) is 2. The van der Waals surface area contributed by atoms with E-state index >= 15 is 0 Å². The van der Waals surface area contributed by atoms with Crippen molar-refractivity contribution in [2.24, 2.45) is 17.3 Å². The summed E-state index contributed by atoms with van der Waals surface area (Å²) in [5, 5.41) is 0. The largest absolute Gasteiger partial charge is 0.426 e. The highest BCUT2D eigenvalue weighted by atomic mass is 19.1. The van der Waals surface area contributed by atoms with E-state index < -0.39 is 0 Å². The van der Waals surface area contributed by atoms with Gasteiger partial charge < -0.3 is 4.74 Å². The number of hydrogen-bond donors (Lipinski definition) is 0. The zero-order chi connectivity index (χ0) is 20.0. The molecule has 3 heteroatoms. The second-order valence-electron chi connectivity index (χ2n) is 8.92. The van der Waals surface area contributed by atoms with E-state index in [0.29, 0.717) is 11.7 Å². The van der Waals surface area contributed by atoms with Crippen molar-refractivity contribution < 1.29 is 13.9 Å². The maximum absolute atomic E-state index is 13.3. The fourth-order valence-corrected chi connectivity index (χ4v) is 5.26. The molecule has 0 N–H and O–H groups in total. The second-order valence-corrected chi connectivity index (χ2v) is 8.92. The number of esters is 1. The van der Waals surface area contributed by atoms with Gasteiger partial charge in [-0.15, -0.1) is 0 Å². The number of halogens is 1. The molecule has 2 nitrogen and oxygen atoms in total. The monoisotopic (exact) mass is 386 g/mol. The van der Waals surface area contributed by atoms with Crippen LogP contribution < -0.4 is 4.74 Å². The lowest BCUT2D eigenvalue weighted by molar-refractivity contribution is -0.153. The van der Waals surface area contributed by atoms with Gasteiger partial charge in [0.15, 0.2) is 0 Å². The van der Waals surface area contributed by atoms with Crippen LogP contribution in [-0.2, 0) is 4.79 Å². The van der Waals surface area contributed by atoms with E-state index in [1.807, 2.05) is 0 Å². The maximum Gasteiger partial charge on any atom is 0.317 e. The average molecular weight is 387 g/mol. The van der Waals surface area contributed by atoms with Gasteiger partial charge in [0.1, 0.15) is 11.6 Å². The predicted molar refractivity (Wildman–Crippen MR) is 112 cm³/mol. The van der Waals surface area contributed by atoms with Gasteiger partial charge in [-0.3, -0.25) is 4.79 Å². The smallest absolute Gasteiger partial charge is 0.317 e. The quantitative estimate of drug-likeness (QED) is 0.280. The molecule has 3 rings (SSSR count). The standard InChI is InChI=1S/C25H35FO2/c1-3-19(2)7-8-20-9-11-21(12-10-20)25(17-5-4-6-18-25)24(27)28-23-15-13-22(26)14-16-23/h13-16,20-21H,2-12,17-18H2,1H3. The molecule has 2 aliphatic carbocycles. The minimum atomic E-state index is -0.343. The van der Waals surface area contributed by atoms with E-state index in [0.717, 1.165) is 57.3 Å². The molecular formula is C25H35FO2. The highest BCUT2D eigenvalue weighted by Gasteiger charge is 2.48. The number of benzene rings is 1. The summed E-state index contributed by atoms with van der Waals surface area (Å²) in [6.07, 6.45) is 13.4. The van der Waals surface area contributed by atoms with Gasteiger partial charge in [-0.25, -0.2) is 4.39 Å². The normalized spacial score (nSPS) is 24.5. The highest BCUT2D eigenvalue weighted by molar-refractivity contribution is 5.79. The molecule has 0 amide bonds. The lowest BCUT2D eigenvalue weighted by Crippen LogP contribution is -2.44. The molecule has 1 aromatic rings. The van der Waals surface area contributed by atoms with Crippen LogP contribution in [0.2, 0.25) is 0 Å². The molecule has 0 aromatic heterocycles. The number of carbonyl (C=O) groups excluding carboxylic acids is 1. The summed E-state index contributed by atoms with van der Waals surface area (Å²) >= 11 is 0. The summed E-state index contributed by atoms with van der Waals surface area (Å²) < 4.78 is 18.9. The van der Waals surface area contributed by atoms with Crippen molar-refractivity contribution >= 4 is 5.97 Å². The number of rotatable bonds is 7. The molecule has 0 saturated heterocycles. The van der Waals surface area contributed by atoms with Crippen LogP contribution in [0.15, 0.2) is 36.4 Å². The van der Waals surface area contributed by atoms with Crippen LogP contribution in [0.4, 0.5) is 4.39 Å². The second kappa shape index (κ2) is 9.71. The molecule has 154 valence electrons. The van der Waals surface area contributed by atoms with Crippen LogP contribution in [0, 0.1) is 23.1 Å². The minimum absolute atomic E-state index is 0.0818.